The summed E-state index contributed by atoms with van der Waals surface area (Å²) < 4.78 is 10.5. The summed E-state index contributed by atoms with van der Waals surface area (Å²) in [5.74, 6) is -0.557. The normalized spacial score (nSPS) is 15.8. The first-order valence-corrected chi connectivity index (χ1v) is 9.59. The van der Waals surface area contributed by atoms with Gasteiger partial charge in [-0.2, -0.15) is 0 Å². The summed E-state index contributed by atoms with van der Waals surface area (Å²) in [5, 5.41) is 0.728. The molecule has 1 aromatic rings. The van der Waals surface area contributed by atoms with E-state index >= 15 is 0 Å². The Morgan fingerprint density at radius 3 is 2.40 bits per heavy atom. The minimum Gasteiger partial charge on any atom is -0.453 e. The van der Waals surface area contributed by atoms with Crippen molar-refractivity contribution < 1.29 is 19.1 Å². The maximum atomic E-state index is 12.3. The van der Waals surface area contributed by atoms with Crippen LogP contribution in [0, 0.1) is 13.8 Å². The van der Waals surface area contributed by atoms with Gasteiger partial charge < -0.3 is 14.4 Å². The number of aryl methyl sites for hydroxylation is 2. The van der Waals surface area contributed by atoms with Gasteiger partial charge in [-0.25, -0.2) is 9.97 Å². The molecule has 0 N–H and O–H groups in total. The minimum atomic E-state index is -0.775. The van der Waals surface area contributed by atoms with Gasteiger partial charge >= 0.3 is 5.97 Å². The Balaban J connectivity index is 1.87. The van der Waals surface area contributed by atoms with Crippen LogP contribution in [0.2, 0.25) is 0 Å². The van der Waals surface area contributed by atoms with Crippen molar-refractivity contribution in [1.29, 1.82) is 0 Å². The van der Waals surface area contributed by atoms with Gasteiger partial charge in [-0.15, -0.1) is 0 Å². The maximum absolute atomic E-state index is 12.3. The van der Waals surface area contributed by atoms with Crippen molar-refractivity contribution in [3.05, 3.63) is 17.0 Å². The molecule has 1 fully saturated rings. The molecule has 1 aliphatic rings. The highest BCUT2D eigenvalue weighted by Crippen LogP contribution is 2.17. The molecule has 25 heavy (non-hydrogen) atoms. The van der Waals surface area contributed by atoms with Gasteiger partial charge in [0.2, 0.25) is 0 Å². The summed E-state index contributed by atoms with van der Waals surface area (Å²) in [6, 6.07) is 0. The molecular formula is C17H25N3O4S. The number of ether oxygens (including phenoxy) is 2. The van der Waals surface area contributed by atoms with E-state index in [0.29, 0.717) is 32.7 Å². The first-order chi connectivity index (χ1) is 11.9. The molecule has 0 aromatic carbocycles. The van der Waals surface area contributed by atoms with E-state index < -0.39 is 6.10 Å². The predicted molar refractivity (Wildman–Crippen MR) is 94.6 cm³/mol. The van der Waals surface area contributed by atoms with Gasteiger partial charge in [0.25, 0.3) is 5.91 Å². The molecule has 1 amide bonds. The van der Waals surface area contributed by atoms with Crippen LogP contribution in [0.5, 0.6) is 0 Å². The van der Waals surface area contributed by atoms with Crippen LogP contribution < -0.4 is 0 Å². The number of carbonyl (C=O) groups excluding carboxylic acids is 2. The second kappa shape index (κ2) is 9.15. The van der Waals surface area contributed by atoms with Crippen molar-refractivity contribution in [3.8, 4) is 0 Å². The molecule has 0 aliphatic carbocycles. The SMILES string of the molecule is CSc1nc(C)c(CCC(=O)OC(C)C(=O)N2CCOCC2)c(C)n1. The van der Waals surface area contributed by atoms with Gasteiger partial charge in [0.05, 0.1) is 13.2 Å². The number of morpholine rings is 1. The Bertz CT molecular complexity index is 609. The third-order valence-electron chi connectivity index (χ3n) is 4.14. The second-order valence-corrected chi connectivity index (χ2v) is 6.70. The molecular weight excluding hydrogens is 342 g/mol. The third-order valence-corrected chi connectivity index (χ3v) is 4.69. The summed E-state index contributed by atoms with van der Waals surface area (Å²) in [5.41, 5.74) is 2.71. The number of amides is 1. The van der Waals surface area contributed by atoms with E-state index in [1.165, 1.54) is 11.8 Å². The fourth-order valence-corrected chi connectivity index (χ4v) is 3.19. The van der Waals surface area contributed by atoms with Crippen LogP contribution in [0.15, 0.2) is 5.16 Å². The third kappa shape index (κ3) is 5.40. The molecule has 2 rings (SSSR count). The highest BCUT2D eigenvalue weighted by Gasteiger charge is 2.25. The molecule has 8 heteroatoms. The largest absolute Gasteiger partial charge is 0.453 e. The Kier molecular flexibility index (Phi) is 7.19. The Labute approximate surface area is 152 Å². The number of rotatable bonds is 6. The molecule has 0 spiro atoms. The van der Waals surface area contributed by atoms with Crippen molar-refractivity contribution in [1.82, 2.24) is 14.9 Å². The van der Waals surface area contributed by atoms with E-state index in [1.54, 1.807) is 11.8 Å². The molecule has 0 saturated carbocycles. The quantitative estimate of drug-likeness (QED) is 0.428. The summed E-state index contributed by atoms with van der Waals surface area (Å²) >= 11 is 1.49. The molecule has 7 nitrogen and oxygen atoms in total. The van der Waals surface area contributed by atoms with Crippen molar-refractivity contribution in [2.45, 2.75) is 44.9 Å². The molecule has 1 aliphatic heterocycles. The Morgan fingerprint density at radius 2 is 1.84 bits per heavy atom. The van der Waals surface area contributed by atoms with E-state index in [-0.39, 0.29) is 18.3 Å². The summed E-state index contributed by atoms with van der Waals surface area (Å²) in [6.45, 7) is 7.58. The monoisotopic (exact) mass is 367 g/mol. The summed E-state index contributed by atoms with van der Waals surface area (Å²) in [7, 11) is 0. The first kappa shape index (κ1) is 19.7. The molecule has 1 saturated heterocycles. The average molecular weight is 367 g/mol. The predicted octanol–water partition coefficient (Wildman–Crippen LogP) is 1.54. The van der Waals surface area contributed by atoms with Crippen LogP contribution >= 0.6 is 11.8 Å². The maximum Gasteiger partial charge on any atom is 0.306 e. The van der Waals surface area contributed by atoms with Crippen molar-refractivity contribution >= 4 is 23.6 Å². The first-order valence-electron chi connectivity index (χ1n) is 8.36. The van der Waals surface area contributed by atoms with Gasteiger partial charge in [-0.1, -0.05) is 11.8 Å². The van der Waals surface area contributed by atoms with Gasteiger partial charge in [0.15, 0.2) is 11.3 Å². The van der Waals surface area contributed by atoms with Crippen molar-refractivity contribution in [3.63, 3.8) is 0 Å². The zero-order valence-electron chi connectivity index (χ0n) is 15.2. The van der Waals surface area contributed by atoms with Gasteiger partial charge in [0, 0.05) is 30.9 Å². The lowest BCUT2D eigenvalue weighted by atomic mass is 10.1. The van der Waals surface area contributed by atoms with Crippen LogP contribution in [0.25, 0.3) is 0 Å². The minimum absolute atomic E-state index is 0.170. The van der Waals surface area contributed by atoms with E-state index in [2.05, 4.69) is 9.97 Å². The molecule has 1 aromatic heterocycles. The number of hydrogen-bond donors (Lipinski definition) is 0. The van der Waals surface area contributed by atoms with E-state index in [4.69, 9.17) is 9.47 Å². The average Bonchev–Trinajstić information content (AvgIpc) is 2.60. The smallest absolute Gasteiger partial charge is 0.306 e. The molecule has 1 atom stereocenters. The second-order valence-electron chi connectivity index (χ2n) is 5.93. The number of aromatic nitrogens is 2. The zero-order valence-corrected chi connectivity index (χ0v) is 16.0. The van der Waals surface area contributed by atoms with Crippen molar-refractivity contribution in [2.24, 2.45) is 0 Å². The van der Waals surface area contributed by atoms with Crippen LogP contribution in [-0.2, 0) is 25.5 Å². The van der Waals surface area contributed by atoms with Crippen LogP contribution in [-0.4, -0.2) is 65.4 Å². The van der Waals surface area contributed by atoms with Gasteiger partial charge in [-0.3, -0.25) is 9.59 Å². The number of carbonyl (C=O) groups is 2. The zero-order chi connectivity index (χ0) is 18.4. The highest BCUT2D eigenvalue weighted by molar-refractivity contribution is 7.98. The fraction of sp³-hybridized carbons (Fsp3) is 0.647. The lowest BCUT2D eigenvalue weighted by molar-refractivity contribution is -0.160. The van der Waals surface area contributed by atoms with Crippen LogP contribution in [0.3, 0.4) is 0 Å². The fourth-order valence-electron chi connectivity index (χ4n) is 2.74. The number of nitrogens with zero attached hydrogens (tertiary/aromatic N) is 3. The Hall–Kier alpha value is -1.67. The number of thioether (sulfide) groups is 1. The van der Waals surface area contributed by atoms with Crippen LogP contribution in [0.4, 0.5) is 0 Å². The summed E-state index contributed by atoms with van der Waals surface area (Å²) in [6.07, 6.45) is 1.86. The number of esters is 1. The van der Waals surface area contributed by atoms with Gasteiger partial charge in [0.1, 0.15) is 0 Å². The lowest BCUT2D eigenvalue weighted by Gasteiger charge is -2.29. The van der Waals surface area contributed by atoms with E-state index in [1.807, 2.05) is 20.1 Å². The molecule has 0 bridgehead atoms. The molecule has 138 valence electrons. The molecule has 2 heterocycles. The van der Waals surface area contributed by atoms with E-state index in [9.17, 15) is 9.59 Å². The van der Waals surface area contributed by atoms with Crippen molar-refractivity contribution in [2.75, 3.05) is 32.6 Å². The highest BCUT2D eigenvalue weighted by atomic mass is 32.2. The van der Waals surface area contributed by atoms with Crippen LogP contribution in [0.1, 0.15) is 30.3 Å². The Morgan fingerprint density at radius 1 is 1.24 bits per heavy atom. The summed E-state index contributed by atoms with van der Waals surface area (Å²) in [4.78, 5) is 34.8. The van der Waals surface area contributed by atoms with E-state index in [0.717, 1.165) is 22.1 Å². The lowest BCUT2D eigenvalue weighted by Crippen LogP contribution is -2.46. The topological polar surface area (TPSA) is 81.6 Å². The number of hydrogen-bond acceptors (Lipinski definition) is 7. The standard InChI is InChI=1S/C17H25N3O4S/c1-11-14(12(2)19-17(18-11)25-4)5-6-15(21)24-13(3)16(22)20-7-9-23-10-8-20/h13H,5-10H2,1-4H3. The molecule has 0 radical (unpaired) electrons. The van der Waals surface area contributed by atoms with Gasteiger partial charge in [-0.05, 0) is 39.0 Å². The molecule has 1 unspecified atom stereocenters.